The third kappa shape index (κ3) is 4.60. The van der Waals surface area contributed by atoms with E-state index in [1.165, 1.54) is 11.3 Å². The lowest BCUT2D eigenvalue weighted by atomic mass is 10.2. The Kier molecular flexibility index (Phi) is 6.41. The van der Waals surface area contributed by atoms with Gasteiger partial charge in [0.15, 0.2) is 0 Å². The largest absolute Gasteiger partial charge is 0.343 e. The lowest BCUT2D eigenvalue weighted by Gasteiger charge is -2.34. The van der Waals surface area contributed by atoms with E-state index >= 15 is 0 Å². The molecule has 0 aliphatic carbocycles. The van der Waals surface area contributed by atoms with Gasteiger partial charge in [-0.15, -0.1) is 11.3 Å². The van der Waals surface area contributed by atoms with Gasteiger partial charge in [0.1, 0.15) is 0 Å². The van der Waals surface area contributed by atoms with Gasteiger partial charge in [-0.2, -0.15) is 0 Å². The second-order valence-electron chi connectivity index (χ2n) is 7.83. The third-order valence-corrected chi connectivity index (χ3v) is 6.57. The summed E-state index contributed by atoms with van der Waals surface area (Å²) >= 11 is 1.42. The molecule has 166 valence electrons. The lowest BCUT2D eigenvalue weighted by Crippen LogP contribution is -2.52. The first kappa shape index (κ1) is 21.8. The van der Waals surface area contributed by atoms with Crippen molar-refractivity contribution in [1.82, 2.24) is 19.7 Å². The van der Waals surface area contributed by atoms with Crippen molar-refractivity contribution in [3.05, 3.63) is 75.7 Å². The highest BCUT2D eigenvalue weighted by atomic mass is 32.1. The highest BCUT2D eigenvalue weighted by molar-refractivity contribution is 7.12. The number of carbonyl (C=O) groups is 3. The molecule has 7 nitrogen and oxygen atoms in total. The van der Waals surface area contributed by atoms with E-state index in [-0.39, 0.29) is 24.3 Å². The summed E-state index contributed by atoms with van der Waals surface area (Å²) < 4.78 is 2.12. The quantitative estimate of drug-likeness (QED) is 0.650. The Bertz CT molecular complexity index is 1090. The van der Waals surface area contributed by atoms with Crippen LogP contribution in [0, 0.1) is 13.8 Å². The highest BCUT2D eigenvalue weighted by Gasteiger charge is 2.25. The first-order valence-electron chi connectivity index (χ1n) is 10.6. The van der Waals surface area contributed by atoms with Crippen LogP contribution in [0.3, 0.4) is 0 Å². The molecule has 1 N–H and O–H groups in total. The highest BCUT2D eigenvalue weighted by Crippen LogP contribution is 2.17. The van der Waals surface area contributed by atoms with E-state index in [2.05, 4.69) is 22.0 Å². The summed E-state index contributed by atoms with van der Waals surface area (Å²) in [7, 11) is 0. The van der Waals surface area contributed by atoms with Gasteiger partial charge < -0.3 is 19.7 Å². The minimum Gasteiger partial charge on any atom is -0.343 e. The van der Waals surface area contributed by atoms with Gasteiger partial charge in [0.25, 0.3) is 11.8 Å². The SMILES string of the molecule is Cc1ccc(C)n1-c1ccc(C(=O)NCC(=O)N2CCN(C(=O)c3cccs3)CC2)cc1. The number of hydrogen-bond donors (Lipinski definition) is 1. The molecule has 1 aromatic carbocycles. The number of rotatable bonds is 5. The molecule has 0 spiro atoms. The molecule has 0 radical (unpaired) electrons. The Morgan fingerprint density at radius 3 is 2.09 bits per heavy atom. The number of aromatic nitrogens is 1. The number of amides is 3. The molecule has 1 aliphatic heterocycles. The van der Waals surface area contributed by atoms with Gasteiger partial charge in [-0.05, 0) is 61.7 Å². The first-order chi connectivity index (χ1) is 15.4. The van der Waals surface area contributed by atoms with Gasteiger partial charge >= 0.3 is 0 Å². The fourth-order valence-electron chi connectivity index (χ4n) is 3.92. The smallest absolute Gasteiger partial charge is 0.264 e. The molecule has 3 aromatic rings. The van der Waals surface area contributed by atoms with Crippen molar-refractivity contribution in [2.75, 3.05) is 32.7 Å². The molecule has 1 aliphatic rings. The maximum atomic E-state index is 12.5. The van der Waals surface area contributed by atoms with Crippen LogP contribution in [0.2, 0.25) is 0 Å². The van der Waals surface area contributed by atoms with Crippen molar-refractivity contribution < 1.29 is 14.4 Å². The van der Waals surface area contributed by atoms with Crippen molar-refractivity contribution in [1.29, 1.82) is 0 Å². The molecular formula is C24H26N4O3S. The number of thiophene rings is 1. The Balaban J connectivity index is 1.27. The maximum Gasteiger partial charge on any atom is 0.264 e. The Morgan fingerprint density at radius 1 is 0.875 bits per heavy atom. The van der Waals surface area contributed by atoms with Crippen LogP contribution in [0.25, 0.3) is 5.69 Å². The van der Waals surface area contributed by atoms with Crippen LogP contribution in [0.1, 0.15) is 31.4 Å². The van der Waals surface area contributed by atoms with Gasteiger partial charge in [-0.3, -0.25) is 14.4 Å². The molecule has 0 bridgehead atoms. The van der Waals surface area contributed by atoms with E-state index < -0.39 is 0 Å². The summed E-state index contributed by atoms with van der Waals surface area (Å²) in [5, 5.41) is 4.59. The van der Waals surface area contributed by atoms with Gasteiger partial charge in [0, 0.05) is 48.8 Å². The zero-order valence-corrected chi connectivity index (χ0v) is 19.0. The fourth-order valence-corrected chi connectivity index (χ4v) is 4.61. The number of benzene rings is 1. The number of aryl methyl sites for hydroxylation is 2. The van der Waals surface area contributed by atoms with Crippen molar-refractivity contribution in [3.63, 3.8) is 0 Å². The molecule has 3 heterocycles. The fraction of sp³-hybridized carbons (Fsp3) is 0.292. The third-order valence-electron chi connectivity index (χ3n) is 5.71. The normalized spacial score (nSPS) is 13.8. The summed E-state index contributed by atoms with van der Waals surface area (Å²) in [5.41, 5.74) is 3.76. The van der Waals surface area contributed by atoms with Crippen molar-refractivity contribution >= 4 is 29.1 Å². The molecule has 2 aromatic heterocycles. The van der Waals surface area contributed by atoms with Crippen LogP contribution < -0.4 is 5.32 Å². The maximum absolute atomic E-state index is 12.5. The zero-order valence-electron chi connectivity index (χ0n) is 18.2. The first-order valence-corrected chi connectivity index (χ1v) is 11.5. The lowest BCUT2D eigenvalue weighted by molar-refractivity contribution is -0.131. The molecule has 1 fully saturated rings. The summed E-state index contributed by atoms with van der Waals surface area (Å²) in [6.45, 7) is 5.95. The number of hydrogen-bond acceptors (Lipinski definition) is 4. The number of piperazine rings is 1. The van der Waals surface area contributed by atoms with Crippen LogP contribution in [-0.2, 0) is 4.79 Å². The van der Waals surface area contributed by atoms with Crippen LogP contribution in [0.4, 0.5) is 0 Å². The number of nitrogens with zero attached hydrogens (tertiary/aromatic N) is 3. The predicted molar refractivity (Wildman–Crippen MR) is 124 cm³/mol. The van der Waals surface area contributed by atoms with Gasteiger partial charge in [-0.1, -0.05) is 6.07 Å². The number of nitrogens with one attached hydrogen (secondary N) is 1. The van der Waals surface area contributed by atoms with E-state index in [1.54, 1.807) is 21.9 Å². The van der Waals surface area contributed by atoms with Gasteiger partial charge in [0.2, 0.25) is 5.91 Å². The average Bonchev–Trinajstić information content (AvgIpc) is 3.47. The Labute approximate surface area is 191 Å². The summed E-state index contributed by atoms with van der Waals surface area (Å²) in [4.78, 5) is 41.6. The molecule has 32 heavy (non-hydrogen) atoms. The molecule has 3 amide bonds. The molecule has 1 saturated heterocycles. The molecule has 0 atom stereocenters. The predicted octanol–water partition coefficient (Wildman–Crippen LogP) is 2.87. The Morgan fingerprint density at radius 2 is 1.50 bits per heavy atom. The number of carbonyl (C=O) groups excluding carboxylic acids is 3. The Hall–Kier alpha value is -3.39. The van der Waals surface area contributed by atoms with E-state index in [4.69, 9.17) is 0 Å². The average molecular weight is 451 g/mol. The molecular weight excluding hydrogens is 424 g/mol. The summed E-state index contributed by atoms with van der Waals surface area (Å²) in [5.74, 6) is -0.414. The van der Waals surface area contributed by atoms with E-state index in [0.29, 0.717) is 36.6 Å². The summed E-state index contributed by atoms with van der Waals surface area (Å²) in [6, 6.07) is 15.1. The van der Waals surface area contributed by atoms with Crippen molar-refractivity contribution in [3.8, 4) is 5.69 Å². The molecule has 0 saturated carbocycles. The van der Waals surface area contributed by atoms with Crippen LogP contribution in [-0.4, -0.2) is 64.8 Å². The second-order valence-corrected chi connectivity index (χ2v) is 8.78. The van der Waals surface area contributed by atoms with Crippen molar-refractivity contribution in [2.45, 2.75) is 13.8 Å². The van der Waals surface area contributed by atoms with Crippen LogP contribution in [0.15, 0.2) is 53.9 Å². The molecule has 0 unspecified atom stereocenters. The second kappa shape index (κ2) is 9.40. The standard InChI is InChI=1S/C24H26N4O3S/c1-17-5-6-18(2)28(17)20-9-7-19(8-10-20)23(30)25-16-22(29)26-11-13-27(14-12-26)24(31)21-4-3-15-32-21/h3-10,15H,11-14,16H2,1-2H3,(H,25,30). The van der Waals surface area contributed by atoms with Crippen molar-refractivity contribution in [2.24, 2.45) is 0 Å². The van der Waals surface area contributed by atoms with Gasteiger partial charge in [0.05, 0.1) is 11.4 Å². The molecule has 8 heteroatoms. The summed E-state index contributed by atoms with van der Waals surface area (Å²) in [6.07, 6.45) is 0. The monoisotopic (exact) mass is 450 g/mol. The van der Waals surface area contributed by atoms with Crippen LogP contribution in [0.5, 0.6) is 0 Å². The van der Waals surface area contributed by atoms with E-state index in [9.17, 15) is 14.4 Å². The molecule has 4 rings (SSSR count). The van der Waals surface area contributed by atoms with E-state index in [0.717, 1.165) is 17.1 Å². The zero-order chi connectivity index (χ0) is 22.7. The van der Waals surface area contributed by atoms with Crippen LogP contribution >= 0.6 is 11.3 Å². The van der Waals surface area contributed by atoms with Gasteiger partial charge in [-0.25, -0.2) is 0 Å². The van der Waals surface area contributed by atoms with E-state index in [1.807, 2.05) is 43.5 Å². The minimum absolute atomic E-state index is 0.00847. The topological polar surface area (TPSA) is 74.7 Å². The minimum atomic E-state index is -0.280.